The van der Waals surface area contributed by atoms with Crippen LogP contribution in [0.5, 0.6) is 0 Å². The maximum Gasteiger partial charge on any atom is 0.119 e. The Morgan fingerprint density at radius 3 is 2.93 bits per heavy atom. The average molecular weight is 225 g/mol. The quantitative estimate of drug-likeness (QED) is 0.799. The fourth-order valence-electron chi connectivity index (χ4n) is 1.24. The number of rotatable bonds is 3. The number of methoxy groups -OCH3 is 1. The van der Waals surface area contributed by atoms with Crippen LogP contribution in [0.2, 0.25) is 0 Å². The molecule has 4 heteroatoms. The van der Waals surface area contributed by atoms with Crippen molar-refractivity contribution in [2.75, 3.05) is 7.11 Å². The monoisotopic (exact) mass is 225 g/mol. The lowest BCUT2D eigenvalue weighted by atomic mass is 10.2. The van der Waals surface area contributed by atoms with Crippen molar-refractivity contribution in [3.63, 3.8) is 0 Å². The molecule has 0 atom stereocenters. The van der Waals surface area contributed by atoms with Crippen molar-refractivity contribution >= 4 is 22.7 Å². The van der Waals surface area contributed by atoms with Gasteiger partial charge in [-0.2, -0.15) is 0 Å². The van der Waals surface area contributed by atoms with Gasteiger partial charge in [0, 0.05) is 12.5 Å². The van der Waals surface area contributed by atoms with E-state index in [1.165, 1.54) is 10.4 Å². The summed E-state index contributed by atoms with van der Waals surface area (Å²) < 4.78 is 5.04. The van der Waals surface area contributed by atoms with Crippen molar-refractivity contribution in [2.45, 2.75) is 13.5 Å². The lowest BCUT2D eigenvalue weighted by molar-refractivity contribution is 0.184. The van der Waals surface area contributed by atoms with Crippen LogP contribution < -0.4 is 0 Å². The van der Waals surface area contributed by atoms with Gasteiger partial charge in [0.25, 0.3) is 0 Å². The van der Waals surface area contributed by atoms with Gasteiger partial charge in [-0.3, -0.25) is 0 Å². The minimum absolute atomic E-state index is 0.606. The van der Waals surface area contributed by atoms with E-state index in [1.807, 2.05) is 0 Å². The molecule has 0 amide bonds. The Bertz CT molecular complexity index is 419. The number of hydrogen-bond acceptors (Lipinski definition) is 4. The summed E-state index contributed by atoms with van der Waals surface area (Å²) in [5, 5.41) is 5.23. The van der Waals surface area contributed by atoms with E-state index in [2.05, 4.69) is 28.7 Å². The summed E-state index contributed by atoms with van der Waals surface area (Å²) in [7, 11) is 1.69. The van der Waals surface area contributed by atoms with Crippen molar-refractivity contribution in [3.8, 4) is 10.6 Å². The predicted octanol–water partition coefficient (Wildman–Crippen LogP) is 3.33. The molecular formula is C10H11NOS2. The number of nitrogens with zero attached hydrogens (tertiary/aromatic N) is 1. The lowest BCUT2D eigenvalue weighted by Crippen LogP contribution is -1.85. The first kappa shape index (κ1) is 9.83. The van der Waals surface area contributed by atoms with Gasteiger partial charge in [0.15, 0.2) is 0 Å². The molecule has 2 aromatic heterocycles. The Kier molecular flexibility index (Phi) is 2.96. The van der Waals surface area contributed by atoms with Gasteiger partial charge < -0.3 is 4.74 Å². The molecule has 2 nitrogen and oxygen atoms in total. The number of aromatic nitrogens is 1. The zero-order valence-corrected chi connectivity index (χ0v) is 9.74. The topological polar surface area (TPSA) is 22.1 Å². The second-order valence-electron chi connectivity index (χ2n) is 2.99. The van der Waals surface area contributed by atoms with Crippen molar-refractivity contribution in [1.82, 2.24) is 4.98 Å². The fourth-order valence-corrected chi connectivity index (χ4v) is 2.96. The van der Waals surface area contributed by atoms with Crippen LogP contribution in [0.25, 0.3) is 10.6 Å². The highest BCUT2D eigenvalue weighted by Crippen LogP contribution is 2.29. The van der Waals surface area contributed by atoms with Crippen molar-refractivity contribution in [3.05, 3.63) is 27.4 Å². The normalized spacial score (nSPS) is 10.7. The first-order chi connectivity index (χ1) is 6.81. The molecule has 0 aliphatic rings. The van der Waals surface area contributed by atoms with Gasteiger partial charge in [-0.1, -0.05) is 0 Å². The standard InChI is InChI=1S/C10H11NOS2/c1-7-3-4-13-10(7)8-6-14-9(11-8)5-12-2/h3-4,6H,5H2,1-2H3. The van der Waals surface area contributed by atoms with E-state index in [0.29, 0.717) is 6.61 Å². The first-order valence-corrected chi connectivity index (χ1v) is 6.05. The molecule has 0 aliphatic carbocycles. The highest BCUT2D eigenvalue weighted by molar-refractivity contribution is 7.14. The maximum atomic E-state index is 5.04. The van der Waals surface area contributed by atoms with Crippen LogP contribution in [-0.2, 0) is 11.3 Å². The SMILES string of the molecule is COCc1nc(-c2sccc2C)cs1. The Morgan fingerprint density at radius 1 is 1.43 bits per heavy atom. The van der Waals surface area contributed by atoms with Crippen LogP contribution >= 0.6 is 22.7 Å². The Morgan fingerprint density at radius 2 is 2.29 bits per heavy atom. The van der Waals surface area contributed by atoms with E-state index >= 15 is 0 Å². The van der Waals surface area contributed by atoms with E-state index in [1.54, 1.807) is 29.8 Å². The summed E-state index contributed by atoms with van der Waals surface area (Å²) in [5.41, 5.74) is 2.37. The summed E-state index contributed by atoms with van der Waals surface area (Å²) in [6.45, 7) is 2.72. The third-order valence-electron chi connectivity index (χ3n) is 1.91. The minimum Gasteiger partial charge on any atom is -0.378 e. The van der Waals surface area contributed by atoms with Crippen LogP contribution in [0.3, 0.4) is 0 Å². The van der Waals surface area contributed by atoms with Crippen molar-refractivity contribution in [2.24, 2.45) is 0 Å². The molecule has 0 unspecified atom stereocenters. The molecule has 0 spiro atoms. The number of ether oxygens (including phenoxy) is 1. The summed E-state index contributed by atoms with van der Waals surface area (Å²) in [5.74, 6) is 0. The number of hydrogen-bond donors (Lipinski definition) is 0. The minimum atomic E-state index is 0.606. The molecule has 0 bridgehead atoms. The average Bonchev–Trinajstić information content (AvgIpc) is 2.74. The van der Waals surface area contributed by atoms with Gasteiger partial charge in [-0.25, -0.2) is 4.98 Å². The summed E-state index contributed by atoms with van der Waals surface area (Å²) in [6, 6.07) is 2.12. The second kappa shape index (κ2) is 4.21. The molecule has 0 aliphatic heterocycles. The molecule has 74 valence electrons. The highest BCUT2D eigenvalue weighted by atomic mass is 32.1. The van der Waals surface area contributed by atoms with E-state index < -0.39 is 0 Å². The van der Waals surface area contributed by atoms with Crippen LogP contribution in [0.4, 0.5) is 0 Å². The van der Waals surface area contributed by atoms with Crippen LogP contribution in [0, 0.1) is 6.92 Å². The van der Waals surface area contributed by atoms with Gasteiger partial charge in [0.05, 0.1) is 17.2 Å². The van der Waals surface area contributed by atoms with E-state index in [9.17, 15) is 0 Å². The largest absolute Gasteiger partial charge is 0.378 e. The fraction of sp³-hybridized carbons (Fsp3) is 0.300. The third kappa shape index (κ3) is 1.87. The zero-order valence-electron chi connectivity index (χ0n) is 8.11. The molecule has 0 N–H and O–H groups in total. The molecule has 0 saturated carbocycles. The molecule has 0 fully saturated rings. The molecule has 0 radical (unpaired) electrons. The van der Waals surface area contributed by atoms with Crippen molar-refractivity contribution < 1.29 is 4.74 Å². The molecule has 2 aromatic rings. The number of aryl methyl sites for hydroxylation is 1. The van der Waals surface area contributed by atoms with Gasteiger partial charge in [0.1, 0.15) is 5.01 Å². The van der Waals surface area contributed by atoms with Gasteiger partial charge in [-0.15, -0.1) is 22.7 Å². The van der Waals surface area contributed by atoms with E-state index in [-0.39, 0.29) is 0 Å². The van der Waals surface area contributed by atoms with Crippen LogP contribution in [0.1, 0.15) is 10.6 Å². The molecule has 2 rings (SSSR count). The summed E-state index contributed by atoms with van der Waals surface area (Å²) in [4.78, 5) is 5.77. The Balaban J connectivity index is 2.29. The summed E-state index contributed by atoms with van der Waals surface area (Å²) in [6.07, 6.45) is 0. The molecule has 0 saturated heterocycles. The van der Waals surface area contributed by atoms with Gasteiger partial charge in [0.2, 0.25) is 0 Å². The third-order valence-corrected chi connectivity index (χ3v) is 3.78. The van der Waals surface area contributed by atoms with E-state index in [0.717, 1.165) is 10.7 Å². The smallest absolute Gasteiger partial charge is 0.119 e. The molecule has 0 aromatic carbocycles. The molecular weight excluding hydrogens is 214 g/mol. The number of thiophene rings is 1. The Labute approximate surface area is 91.2 Å². The van der Waals surface area contributed by atoms with E-state index in [4.69, 9.17) is 4.74 Å². The highest BCUT2D eigenvalue weighted by Gasteiger charge is 2.07. The second-order valence-corrected chi connectivity index (χ2v) is 4.85. The predicted molar refractivity (Wildman–Crippen MR) is 60.9 cm³/mol. The Hall–Kier alpha value is -0.710. The maximum absolute atomic E-state index is 5.04. The molecule has 14 heavy (non-hydrogen) atoms. The van der Waals surface area contributed by atoms with Gasteiger partial charge in [-0.05, 0) is 23.9 Å². The van der Waals surface area contributed by atoms with Crippen LogP contribution in [-0.4, -0.2) is 12.1 Å². The van der Waals surface area contributed by atoms with Gasteiger partial charge >= 0.3 is 0 Å². The van der Waals surface area contributed by atoms with Crippen molar-refractivity contribution in [1.29, 1.82) is 0 Å². The van der Waals surface area contributed by atoms with Crippen LogP contribution in [0.15, 0.2) is 16.8 Å². The molecule has 2 heterocycles. The first-order valence-electron chi connectivity index (χ1n) is 4.29. The lowest BCUT2D eigenvalue weighted by Gasteiger charge is -1.93. The number of thiazole rings is 1. The zero-order chi connectivity index (χ0) is 9.97. The summed E-state index contributed by atoms with van der Waals surface area (Å²) >= 11 is 3.39.